The standard InChI is InChI=1S/C9H16O4/c1-6(4-10)8(11)7-5-12-9(2,3)13-7/h4,6-8,11H,5H2,1-3H3/t6?,7-,8+/m1/s1. The van der Waals surface area contributed by atoms with Crippen LogP contribution in [-0.4, -0.2) is 36.0 Å². The Morgan fingerprint density at radius 2 is 2.23 bits per heavy atom. The Kier molecular flexibility index (Phi) is 3.05. The molecule has 1 unspecified atom stereocenters. The molecule has 0 aromatic carbocycles. The van der Waals surface area contributed by atoms with Crippen LogP contribution in [0.15, 0.2) is 0 Å². The van der Waals surface area contributed by atoms with Crippen LogP contribution in [0.2, 0.25) is 0 Å². The largest absolute Gasteiger partial charge is 0.390 e. The van der Waals surface area contributed by atoms with Gasteiger partial charge in [0.2, 0.25) is 0 Å². The van der Waals surface area contributed by atoms with Crippen molar-refractivity contribution in [2.45, 2.75) is 38.8 Å². The Hall–Kier alpha value is -0.450. The Bertz CT molecular complexity index is 190. The number of aldehydes is 1. The Morgan fingerprint density at radius 1 is 1.62 bits per heavy atom. The van der Waals surface area contributed by atoms with E-state index in [0.29, 0.717) is 6.61 Å². The number of hydrogen-bond donors (Lipinski definition) is 1. The minimum Gasteiger partial charge on any atom is -0.390 e. The van der Waals surface area contributed by atoms with Gasteiger partial charge in [0.15, 0.2) is 5.79 Å². The quantitative estimate of drug-likeness (QED) is 0.649. The Labute approximate surface area is 77.8 Å². The molecule has 1 fully saturated rings. The third-order valence-corrected chi connectivity index (χ3v) is 2.16. The average Bonchev–Trinajstić information content (AvgIpc) is 2.43. The highest BCUT2D eigenvalue weighted by molar-refractivity contribution is 5.53. The minimum atomic E-state index is -0.778. The van der Waals surface area contributed by atoms with Gasteiger partial charge in [-0.1, -0.05) is 6.92 Å². The second-order valence-electron chi connectivity index (χ2n) is 3.85. The zero-order valence-corrected chi connectivity index (χ0v) is 8.19. The number of hydrogen-bond acceptors (Lipinski definition) is 4. The minimum absolute atomic E-state index is 0.340. The van der Waals surface area contributed by atoms with E-state index in [9.17, 15) is 9.90 Å². The van der Waals surface area contributed by atoms with Crippen molar-refractivity contribution in [3.05, 3.63) is 0 Å². The van der Waals surface area contributed by atoms with Gasteiger partial charge in [-0.15, -0.1) is 0 Å². The summed E-state index contributed by atoms with van der Waals surface area (Å²) in [7, 11) is 0. The molecule has 0 radical (unpaired) electrons. The lowest BCUT2D eigenvalue weighted by Crippen LogP contribution is -2.36. The lowest BCUT2D eigenvalue weighted by atomic mass is 10.0. The summed E-state index contributed by atoms with van der Waals surface area (Å²) in [5.41, 5.74) is 0. The van der Waals surface area contributed by atoms with Crippen molar-refractivity contribution in [3.63, 3.8) is 0 Å². The smallest absolute Gasteiger partial charge is 0.163 e. The second-order valence-corrected chi connectivity index (χ2v) is 3.85. The van der Waals surface area contributed by atoms with Crippen LogP contribution < -0.4 is 0 Å². The predicted octanol–water partition coefficient (Wildman–Crippen LogP) is 0.334. The van der Waals surface area contributed by atoms with Gasteiger partial charge in [-0.05, 0) is 13.8 Å². The number of rotatable bonds is 3. The van der Waals surface area contributed by atoms with Gasteiger partial charge in [0.1, 0.15) is 12.4 Å². The van der Waals surface area contributed by atoms with Crippen LogP contribution in [0.25, 0.3) is 0 Å². The number of aliphatic hydroxyl groups is 1. The summed E-state index contributed by atoms with van der Waals surface area (Å²) < 4.78 is 10.7. The van der Waals surface area contributed by atoms with Gasteiger partial charge in [0.25, 0.3) is 0 Å². The fourth-order valence-corrected chi connectivity index (χ4v) is 1.30. The second kappa shape index (κ2) is 3.74. The highest BCUT2D eigenvalue weighted by Gasteiger charge is 2.38. The van der Waals surface area contributed by atoms with Crippen LogP contribution >= 0.6 is 0 Å². The predicted molar refractivity (Wildman–Crippen MR) is 46.1 cm³/mol. The van der Waals surface area contributed by atoms with Gasteiger partial charge in [-0.2, -0.15) is 0 Å². The molecule has 76 valence electrons. The van der Waals surface area contributed by atoms with Gasteiger partial charge in [0, 0.05) is 5.92 Å². The van der Waals surface area contributed by atoms with Gasteiger partial charge in [0.05, 0.1) is 12.7 Å². The SMILES string of the molecule is CC(C=O)[C@H](O)[C@H]1COC(C)(C)O1. The number of carbonyl (C=O) groups is 1. The van der Waals surface area contributed by atoms with E-state index in [1.54, 1.807) is 20.8 Å². The van der Waals surface area contributed by atoms with Crippen LogP contribution in [0, 0.1) is 5.92 Å². The van der Waals surface area contributed by atoms with E-state index in [2.05, 4.69) is 0 Å². The Morgan fingerprint density at radius 3 is 2.62 bits per heavy atom. The van der Waals surface area contributed by atoms with Crippen molar-refractivity contribution in [2.24, 2.45) is 5.92 Å². The molecule has 0 aromatic heterocycles. The van der Waals surface area contributed by atoms with Crippen molar-refractivity contribution in [1.82, 2.24) is 0 Å². The molecular formula is C9H16O4. The number of aliphatic hydroxyl groups excluding tert-OH is 1. The summed E-state index contributed by atoms with van der Waals surface area (Å²) in [6, 6.07) is 0. The first-order valence-electron chi connectivity index (χ1n) is 4.41. The molecule has 0 bridgehead atoms. The summed E-state index contributed by atoms with van der Waals surface area (Å²) in [6.45, 7) is 5.56. The fraction of sp³-hybridized carbons (Fsp3) is 0.889. The third-order valence-electron chi connectivity index (χ3n) is 2.16. The molecule has 0 spiro atoms. The summed E-state index contributed by atoms with van der Waals surface area (Å²) >= 11 is 0. The van der Waals surface area contributed by atoms with Gasteiger partial charge in [-0.25, -0.2) is 0 Å². The fourth-order valence-electron chi connectivity index (χ4n) is 1.30. The lowest BCUT2D eigenvalue weighted by Gasteiger charge is -2.21. The molecule has 1 rings (SSSR count). The van der Waals surface area contributed by atoms with E-state index in [4.69, 9.17) is 9.47 Å². The topological polar surface area (TPSA) is 55.8 Å². The molecule has 0 aliphatic carbocycles. The summed E-state index contributed by atoms with van der Waals surface area (Å²) in [5, 5.41) is 9.61. The first-order chi connectivity index (χ1) is 5.96. The highest BCUT2D eigenvalue weighted by atomic mass is 16.7. The van der Waals surface area contributed by atoms with Gasteiger partial charge in [-0.3, -0.25) is 0 Å². The van der Waals surface area contributed by atoms with Crippen LogP contribution in [0.3, 0.4) is 0 Å². The molecule has 1 saturated heterocycles. The van der Waals surface area contributed by atoms with Crippen molar-refractivity contribution < 1.29 is 19.4 Å². The van der Waals surface area contributed by atoms with Crippen molar-refractivity contribution in [1.29, 1.82) is 0 Å². The maximum atomic E-state index is 10.4. The molecule has 0 amide bonds. The normalized spacial score (nSPS) is 31.2. The first-order valence-corrected chi connectivity index (χ1v) is 4.41. The first kappa shape index (κ1) is 10.6. The molecule has 13 heavy (non-hydrogen) atoms. The van der Waals surface area contributed by atoms with E-state index in [0.717, 1.165) is 6.29 Å². The van der Waals surface area contributed by atoms with E-state index in [-0.39, 0.29) is 0 Å². The summed E-state index contributed by atoms with van der Waals surface area (Å²) in [6.07, 6.45) is -0.450. The molecule has 0 aromatic rings. The van der Waals surface area contributed by atoms with E-state index < -0.39 is 23.9 Å². The maximum Gasteiger partial charge on any atom is 0.163 e. The molecule has 0 saturated carbocycles. The van der Waals surface area contributed by atoms with Gasteiger partial charge >= 0.3 is 0 Å². The van der Waals surface area contributed by atoms with Crippen LogP contribution in [0.5, 0.6) is 0 Å². The van der Waals surface area contributed by atoms with Crippen LogP contribution in [0.1, 0.15) is 20.8 Å². The molecule has 3 atom stereocenters. The highest BCUT2D eigenvalue weighted by Crippen LogP contribution is 2.25. The monoisotopic (exact) mass is 188 g/mol. The summed E-state index contributed by atoms with van der Waals surface area (Å²) in [4.78, 5) is 10.4. The molecule has 4 nitrogen and oxygen atoms in total. The van der Waals surface area contributed by atoms with Gasteiger partial charge < -0.3 is 19.4 Å². The lowest BCUT2D eigenvalue weighted by molar-refractivity contribution is -0.156. The zero-order chi connectivity index (χ0) is 10.1. The summed E-state index contributed by atoms with van der Waals surface area (Å²) in [5.74, 6) is -1.06. The van der Waals surface area contributed by atoms with Crippen molar-refractivity contribution in [2.75, 3.05) is 6.61 Å². The molecule has 1 aliphatic heterocycles. The molecule has 1 aliphatic rings. The van der Waals surface area contributed by atoms with E-state index in [1.807, 2.05) is 0 Å². The molecule has 4 heteroatoms. The van der Waals surface area contributed by atoms with Crippen LogP contribution in [-0.2, 0) is 14.3 Å². The maximum absolute atomic E-state index is 10.4. The van der Waals surface area contributed by atoms with Crippen molar-refractivity contribution in [3.8, 4) is 0 Å². The van der Waals surface area contributed by atoms with Crippen LogP contribution in [0.4, 0.5) is 0 Å². The Balaban J connectivity index is 2.51. The zero-order valence-electron chi connectivity index (χ0n) is 8.19. The van der Waals surface area contributed by atoms with Crippen molar-refractivity contribution >= 4 is 6.29 Å². The molecule has 1 N–H and O–H groups in total. The molecular weight excluding hydrogens is 172 g/mol. The number of ether oxygens (including phenoxy) is 2. The number of carbonyl (C=O) groups excluding carboxylic acids is 1. The molecule has 1 heterocycles. The van der Waals surface area contributed by atoms with E-state index in [1.165, 1.54) is 0 Å². The third kappa shape index (κ3) is 2.49. The average molecular weight is 188 g/mol. The van der Waals surface area contributed by atoms with E-state index >= 15 is 0 Å².